The molecule has 1 N–H and O–H groups in total. The highest BCUT2D eigenvalue weighted by molar-refractivity contribution is 5.81. The predicted octanol–water partition coefficient (Wildman–Crippen LogP) is 2.91. The summed E-state index contributed by atoms with van der Waals surface area (Å²) in [5, 5.41) is 9.49. The van der Waals surface area contributed by atoms with E-state index in [1.54, 1.807) is 0 Å². The van der Waals surface area contributed by atoms with Gasteiger partial charge in [-0.15, -0.1) is 0 Å². The first-order valence-electron chi connectivity index (χ1n) is 7.77. The number of nitrogens with one attached hydrogen (secondary N) is 1. The second-order valence-electron chi connectivity index (χ2n) is 5.94. The van der Waals surface area contributed by atoms with Gasteiger partial charge in [-0.25, -0.2) is 0 Å². The molecule has 4 heteroatoms. The van der Waals surface area contributed by atoms with Crippen molar-refractivity contribution in [2.75, 3.05) is 13.2 Å². The standard InChI is InChI=1S/C17H27N3O/c1-6-18-16(17(3,4)21-7-2)12-14-13-10-8-9-11-15(13)20(5)19-14/h8-11,16,18H,6-7,12H2,1-5H3. The summed E-state index contributed by atoms with van der Waals surface area (Å²) < 4.78 is 7.90. The fourth-order valence-corrected chi connectivity index (χ4v) is 2.92. The van der Waals surface area contributed by atoms with Gasteiger partial charge in [0.1, 0.15) is 0 Å². The highest BCUT2D eigenvalue weighted by atomic mass is 16.5. The van der Waals surface area contributed by atoms with Crippen molar-refractivity contribution in [2.24, 2.45) is 7.05 Å². The molecule has 4 nitrogen and oxygen atoms in total. The molecule has 0 radical (unpaired) electrons. The first-order valence-corrected chi connectivity index (χ1v) is 7.77. The Kier molecular flexibility index (Phi) is 5.01. The van der Waals surface area contributed by atoms with Gasteiger partial charge < -0.3 is 10.1 Å². The summed E-state index contributed by atoms with van der Waals surface area (Å²) in [5.74, 6) is 0. The van der Waals surface area contributed by atoms with Gasteiger partial charge >= 0.3 is 0 Å². The lowest BCUT2D eigenvalue weighted by Crippen LogP contribution is -2.50. The zero-order valence-electron chi connectivity index (χ0n) is 13.8. The Bertz CT molecular complexity index is 589. The van der Waals surface area contributed by atoms with Crippen molar-refractivity contribution in [1.82, 2.24) is 15.1 Å². The molecule has 21 heavy (non-hydrogen) atoms. The Labute approximate surface area is 127 Å². The van der Waals surface area contributed by atoms with E-state index in [9.17, 15) is 0 Å². The molecule has 1 atom stereocenters. The number of nitrogens with zero attached hydrogens (tertiary/aromatic N) is 2. The quantitative estimate of drug-likeness (QED) is 0.852. The molecule has 0 saturated heterocycles. The SMILES string of the molecule is CCNC(Cc1nn(C)c2ccccc12)C(C)(C)OCC. The molecule has 1 unspecified atom stereocenters. The second-order valence-corrected chi connectivity index (χ2v) is 5.94. The van der Waals surface area contributed by atoms with Gasteiger partial charge in [0.25, 0.3) is 0 Å². The largest absolute Gasteiger partial charge is 0.374 e. The van der Waals surface area contributed by atoms with Crippen LogP contribution < -0.4 is 5.32 Å². The van der Waals surface area contributed by atoms with Crippen molar-refractivity contribution in [3.8, 4) is 0 Å². The van der Waals surface area contributed by atoms with Crippen LogP contribution in [0, 0.1) is 0 Å². The van der Waals surface area contributed by atoms with Gasteiger partial charge in [-0.2, -0.15) is 5.10 Å². The number of aromatic nitrogens is 2. The number of ether oxygens (including phenoxy) is 1. The molecule has 116 valence electrons. The van der Waals surface area contributed by atoms with Crippen molar-refractivity contribution in [3.05, 3.63) is 30.0 Å². The van der Waals surface area contributed by atoms with Gasteiger partial charge in [0.05, 0.1) is 16.8 Å². The molecule has 0 saturated carbocycles. The lowest BCUT2D eigenvalue weighted by molar-refractivity contribution is -0.0378. The summed E-state index contributed by atoms with van der Waals surface area (Å²) in [6, 6.07) is 8.62. The average Bonchev–Trinajstić information content (AvgIpc) is 2.76. The molecule has 0 aliphatic heterocycles. The summed E-state index contributed by atoms with van der Waals surface area (Å²) >= 11 is 0. The number of benzene rings is 1. The first kappa shape index (κ1) is 16.0. The average molecular weight is 289 g/mol. The van der Waals surface area contributed by atoms with Gasteiger partial charge in [-0.3, -0.25) is 4.68 Å². The van der Waals surface area contributed by atoms with Crippen LogP contribution in [0.4, 0.5) is 0 Å². The van der Waals surface area contributed by atoms with Crippen LogP contribution in [0.2, 0.25) is 0 Å². The zero-order chi connectivity index (χ0) is 15.5. The maximum Gasteiger partial charge on any atom is 0.0782 e. The lowest BCUT2D eigenvalue weighted by atomic mass is 9.93. The van der Waals surface area contributed by atoms with E-state index in [0.717, 1.165) is 25.3 Å². The number of likely N-dealkylation sites (N-methyl/N-ethyl adjacent to an activating group) is 1. The predicted molar refractivity (Wildman–Crippen MR) is 87.6 cm³/mol. The van der Waals surface area contributed by atoms with Crippen molar-refractivity contribution < 1.29 is 4.74 Å². The summed E-state index contributed by atoms with van der Waals surface area (Å²) in [7, 11) is 2.00. The van der Waals surface area contributed by atoms with E-state index in [1.807, 2.05) is 18.7 Å². The van der Waals surface area contributed by atoms with Crippen molar-refractivity contribution >= 4 is 10.9 Å². The summed E-state index contributed by atoms with van der Waals surface area (Å²) in [4.78, 5) is 0. The van der Waals surface area contributed by atoms with Crippen LogP contribution in [0.15, 0.2) is 24.3 Å². The van der Waals surface area contributed by atoms with E-state index < -0.39 is 0 Å². The number of hydrogen-bond acceptors (Lipinski definition) is 3. The summed E-state index contributed by atoms with van der Waals surface area (Å²) in [6.45, 7) is 10.1. The molecule has 0 amide bonds. The minimum absolute atomic E-state index is 0.219. The molecule has 1 aromatic heterocycles. The van der Waals surface area contributed by atoms with Gasteiger partial charge in [0.2, 0.25) is 0 Å². The van der Waals surface area contributed by atoms with Gasteiger partial charge in [-0.05, 0) is 33.4 Å². The van der Waals surface area contributed by atoms with Crippen LogP contribution in [0.1, 0.15) is 33.4 Å². The van der Waals surface area contributed by atoms with Crippen LogP contribution in [0.3, 0.4) is 0 Å². The zero-order valence-corrected chi connectivity index (χ0v) is 13.8. The number of aryl methyl sites for hydroxylation is 1. The maximum absolute atomic E-state index is 5.94. The van der Waals surface area contributed by atoms with E-state index in [0.29, 0.717) is 0 Å². The number of rotatable bonds is 7. The van der Waals surface area contributed by atoms with Gasteiger partial charge in [0.15, 0.2) is 0 Å². The van der Waals surface area contributed by atoms with Crippen LogP contribution in [-0.2, 0) is 18.2 Å². The molecule has 2 aromatic rings. The first-order chi connectivity index (χ1) is 9.99. The molecular weight excluding hydrogens is 262 g/mol. The fraction of sp³-hybridized carbons (Fsp3) is 0.588. The topological polar surface area (TPSA) is 39.1 Å². The Morgan fingerprint density at radius 3 is 2.67 bits per heavy atom. The Morgan fingerprint density at radius 1 is 1.29 bits per heavy atom. The lowest BCUT2D eigenvalue weighted by Gasteiger charge is -2.34. The van der Waals surface area contributed by atoms with Crippen LogP contribution in [-0.4, -0.2) is 34.6 Å². The molecule has 1 aromatic carbocycles. The molecule has 0 aliphatic rings. The Balaban J connectivity index is 2.31. The van der Waals surface area contributed by atoms with E-state index >= 15 is 0 Å². The second kappa shape index (κ2) is 6.58. The molecule has 1 heterocycles. The molecule has 0 spiro atoms. The van der Waals surface area contributed by atoms with Gasteiger partial charge in [-0.1, -0.05) is 25.1 Å². The third kappa shape index (κ3) is 3.44. The highest BCUT2D eigenvalue weighted by Crippen LogP contribution is 2.23. The molecular formula is C17H27N3O. The van der Waals surface area contributed by atoms with Crippen molar-refractivity contribution in [1.29, 1.82) is 0 Å². The minimum atomic E-state index is -0.219. The summed E-state index contributed by atoms with van der Waals surface area (Å²) in [6.07, 6.45) is 0.863. The third-order valence-corrected chi connectivity index (χ3v) is 4.04. The van der Waals surface area contributed by atoms with E-state index in [2.05, 4.69) is 50.4 Å². The molecule has 0 fully saturated rings. The van der Waals surface area contributed by atoms with E-state index in [1.165, 1.54) is 10.9 Å². The normalized spacial score (nSPS) is 13.8. The van der Waals surface area contributed by atoms with Crippen LogP contribution >= 0.6 is 0 Å². The smallest absolute Gasteiger partial charge is 0.0782 e. The maximum atomic E-state index is 5.94. The van der Waals surface area contributed by atoms with Crippen molar-refractivity contribution in [3.63, 3.8) is 0 Å². The summed E-state index contributed by atoms with van der Waals surface area (Å²) in [5.41, 5.74) is 2.09. The third-order valence-electron chi connectivity index (χ3n) is 4.04. The monoisotopic (exact) mass is 289 g/mol. The number of hydrogen-bond donors (Lipinski definition) is 1. The van der Waals surface area contributed by atoms with E-state index in [4.69, 9.17) is 9.84 Å². The highest BCUT2D eigenvalue weighted by Gasteiger charge is 2.30. The Morgan fingerprint density at radius 2 is 2.00 bits per heavy atom. The Hall–Kier alpha value is -1.39. The molecule has 2 rings (SSSR count). The number of para-hydroxylation sites is 1. The van der Waals surface area contributed by atoms with Crippen LogP contribution in [0.5, 0.6) is 0 Å². The number of fused-ring (bicyclic) bond motifs is 1. The molecule has 0 bridgehead atoms. The van der Waals surface area contributed by atoms with Crippen LogP contribution in [0.25, 0.3) is 10.9 Å². The van der Waals surface area contributed by atoms with Gasteiger partial charge in [0, 0.05) is 31.5 Å². The fourth-order valence-electron chi connectivity index (χ4n) is 2.92. The van der Waals surface area contributed by atoms with E-state index in [-0.39, 0.29) is 11.6 Å². The van der Waals surface area contributed by atoms with Crippen molar-refractivity contribution in [2.45, 2.75) is 45.8 Å². The molecule has 0 aliphatic carbocycles. The minimum Gasteiger partial charge on any atom is -0.374 e.